The molecule has 4 rings (SSSR count). The standard InChI is InChI=1S/C18H16F2N4O4/c1-2-11(10-5-6-13-14(8-10)28-18(19,20)27-13)23-17(26)24-9-15(25)22-12-4-3-7-21-16(12)24/h3-8,11H,2,9H2,1H3,(H,22,25)(H,23,26). The maximum absolute atomic E-state index is 13.2. The molecule has 2 aliphatic heterocycles. The first-order valence-electron chi connectivity index (χ1n) is 8.59. The van der Waals surface area contributed by atoms with Gasteiger partial charge in [0.2, 0.25) is 5.91 Å². The molecule has 0 saturated heterocycles. The molecule has 1 atom stereocenters. The van der Waals surface area contributed by atoms with E-state index < -0.39 is 18.4 Å². The van der Waals surface area contributed by atoms with Gasteiger partial charge in [-0.15, -0.1) is 8.78 Å². The number of carbonyl (C=O) groups excluding carboxylic acids is 2. The SMILES string of the molecule is CCC(NC(=O)N1CC(=O)Nc2cccnc21)c1ccc2c(c1)OC(F)(F)O2. The Morgan fingerprint density at radius 2 is 2.14 bits per heavy atom. The summed E-state index contributed by atoms with van der Waals surface area (Å²) in [5, 5.41) is 5.46. The molecule has 2 aromatic rings. The smallest absolute Gasteiger partial charge is 0.395 e. The molecule has 2 aliphatic rings. The molecule has 0 bridgehead atoms. The first kappa shape index (κ1) is 18.0. The van der Waals surface area contributed by atoms with E-state index in [1.54, 1.807) is 18.2 Å². The number of aromatic nitrogens is 1. The Kier molecular flexibility index (Phi) is 4.25. The van der Waals surface area contributed by atoms with E-state index in [9.17, 15) is 18.4 Å². The highest BCUT2D eigenvalue weighted by Gasteiger charge is 2.43. The Hall–Kier alpha value is -3.43. The zero-order valence-electron chi connectivity index (χ0n) is 14.7. The first-order valence-corrected chi connectivity index (χ1v) is 8.59. The number of alkyl halides is 2. The van der Waals surface area contributed by atoms with Gasteiger partial charge in [0, 0.05) is 6.20 Å². The molecule has 0 saturated carbocycles. The van der Waals surface area contributed by atoms with Crippen LogP contribution in [0.25, 0.3) is 0 Å². The molecule has 0 aliphatic carbocycles. The lowest BCUT2D eigenvalue weighted by Gasteiger charge is -2.29. The van der Waals surface area contributed by atoms with E-state index in [1.807, 2.05) is 6.92 Å². The number of pyridine rings is 1. The fraction of sp³-hybridized carbons (Fsp3) is 0.278. The minimum atomic E-state index is -3.71. The van der Waals surface area contributed by atoms with Gasteiger partial charge in [-0.05, 0) is 36.2 Å². The fourth-order valence-corrected chi connectivity index (χ4v) is 3.12. The van der Waals surface area contributed by atoms with Crippen LogP contribution < -0.4 is 25.0 Å². The van der Waals surface area contributed by atoms with E-state index in [0.29, 0.717) is 23.5 Å². The number of carbonyl (C=O) groups is 2. The summed E-state index contributed by atoms with van der Waals surface area (Å²) in [5.41, 5.74) is 1.01. The summed E-state index contributed by atoms with van der Waals surface area (Å²) in [5.74, 6) is -0.172. The molecule has 0 spiro atoms. The van der Waals surface area contributed by atoms with Crippen molar-refractivity contribution in [3.05, 3.63) is 42.1 Å². The highest BCUT2D eigenvalue weighted by atomic mass is 19.3. The predicted octanol–water partition coefficient (Wildman–Crippen LogP) is 3.02. The van der Waals surface area contributed by atoms with Crippen LogP contribution in [-0.4, -0.2) is 29.8 Å². The van der Waals surface area contributed by atoms with Crippen LogP contribution in [0.15, 0.2) is 36.5 Å². The largest absolute Gasteiger partial charge is 0.586 e. The van der Waals surface area contributed by atoms with Crippen LogP contribution in [0, 0.1) is 0 Å². The molecule has 146 valence electrons. The number of ether oxygens (including phenoxy) is 2. The number of hydrogen-bond acceptors (Lipinski definition) is 5. The molecule has 0 fully saturated rings. The van der Waals surface area contributed by atoms with Crippen molar-refractivity contribution in [1.82, 2.24) is 10.3 Å². The maximum atomic E-state index is 13.2. The average molecular weight is 390 g/mol. The summed E-state index contributed by atoms with van der Waals surface area (Å²) < 4.78 is 35.3. The Labute approximate surface area is 158 Å². The highest BCUT2D eigenvalue weighted by molar-refractivity contribution is 6.08. The van der Waals surface area contributed by atoms with Gasteiger partial charge < -0.3 is 20.1 Å². The lowest BCUT2D eigenvalue weighted by atomic mass is 10.0. The number of urea groups is 1. The van der Waals surface area contributed by atoms with Crippen molar-refractivity contribution in [2.45, 2.75) is 25.7 Å². The number of rotatable bonds is 3. The monoisotopic (exact) mass is 390 g/mol. The summed E-state index contributed by atoms with van der Waals surface area (Å²) in [7, 11) is 0. The van der Waals surface area contributed by atoms with Crippen molar-refractivity contribution in [1.29, 1.82) is 0 Å². The number of nitrogens with one attached hydrogen (secondary N) is 2. The molecule has 3 amide bonds. The number of nitrogens with zero attached hydrogens (tertiary/aromatic N) is 2. The van der Waals surface area contributed by atoms with Gasteiger partial charge in [-0.1, -0.05) is 13.0 Å². The van der Waals surface area contributed by atoms with Gasteiger partial charge in [-0.3, -0.25) is 9.69 Å². The second-order valence-electron chi connectivity index (χ2n) is 6.29. The van der Waals surface area contributed by atoms with Crippen molar-refractivity contribution in [2.75, 3.05) is 16.8 Å². The molecule has 28 heavy (non-hydrogen) atoms. The van der Waals surface area contributed by atoms with Crippen LogP contribution in [0.5, 0.6) is 11.5 Å². The van der Waals surface area contributed by atoms with Gasteiger partial charge in [-0.2, -0.15) is 0 Å². The van der Waals surface area contributed by atoms with Crippen molar-refractivity contribution >= 4 is 23.4 Å². The second-order valence-corrected chi connectivity index (χ2v) is 6.29. The third-order valence-electron chi connectivity index (χ3n) is 4.40. The number of benzene rings is 1. The van der Waals surface area contributed by atoms with Crippen LogP contribution >= 0.6 is 0 Å². The number of anilines is 2. The molecular formula is C18H16F2N4O4. The molecule has 10 heteroatoms. The molecule has 1 unspecified atom stereocenters. The van der Waals surface area contributed by atoms with Crippen LogP contribution in [0.4, 0.5) is 25.1 Å². The number of amides is 3. The molecule has 8 nitrogen and oxygen atoms in total. The summed E-state index contributed by atoms with van der Waals surface area (Å²) in [4.78, 5) is 30.1. The lowest BCUT2D eigenvalue weighted by Crippen LogP contribution is -2.48. The Morgan fingerprint density at radius 1 is 1.36 bits per heavy atom. The van der Waals surface area contributed by atoms with Gasteiger partial charge in [0.05, 0.1) is 11.7 Å². The molecule has 1 aromatic heterocycles. The van der Waals surface area contributed by atoms with E-state index in [-0.39, 0.29) is 24.0 Å². The van der Waals surface area contributed by atoms with Crippen LogP contribution in [0.1, 0.15) is 24.9 Å². The van der Waals surface area contributed by atoms with E-state index in [2.05, 4.69) is 25.1 Å². The quantitative estimate of drug-likeness (QED) is 0.841. The minimum Gasteiger partial charge on any atom is -0.395 e. The van der Waals surface area contributed by atoms with E-state index in [1.165, 1.54) is 23.2 Å². The third-order valence-corrected chi connectivity index (χ3v) is 4.40. The topological polar surface area (TPSA) is 92.8 Å². The summed E-state index contributed by atoms with van der Waals surface area (Å²) in [6.45, 7) is 1.65. The fourth-order valence-electron chi connectivity index (χ4n) is 3.12. The Morgan fingerprint density at radius 3 is 2.93 bits per heavy atom. The molecule has 0 radical (unpaired) electrons. The van der Waals surface area contributed by atoms with Crippen LogP contribution in [-0.2, 0) is 4.79 Å². The zero-order valence-corrected chi connectivity index (χ0v) is 14.7. The summed E-state index contributed by atoms with van der Waals surface area (Å²) in [6.07, 6.45) is -1.70. The second kappa shape index (κ2) is 6.63. The van der Waals surface area contributed by atoms with Gasteiger partial charge in [0.1, 0.15) is 6.54 Å². The van der Waals surface area contributed by atoms with Crippen molar-refractivity contribution in [3.8, 4) is 11.5 Å². The number of halogens is 2. The van der Waals surface area contributed by atoms with Gasteiger partial charge in [0.15, 0.2) is 17.3 Å². The highest BCUT2D eigenvalue weighted by Crippen LogP contribution is 2.42. The Balaban J connectivity index is 1.55. The van der Waals surface area contributed by atoms with Gasteiger partial charge >= 0.3 is 12.3 Å². The molecule has 3 heterocycles. The van der Waals surface area contributed by atoms with Crippen molar-refractivity contribution in [3.63, 3.8) is 0 Å². The number of fused-ring (bicyclic) bond motifs is 2. The van der Waals surface area contributed by atoms with E-state index in [4.69, 9.17) is 0 Å². The van der Waals surface area contributed by atoms with Crippen molar-refractivity contribution < 1.29 is 27.8 Å². The third kappa shape index (κ3) is 3.28. The van der Waals surface area contributed by atoms with Gasteiger partial charge in [0.25, 0.3) is 0 Å². The average Bonchev–Trinajstić information content (AvgIpc) is 2.98. The van der Waals surface area contributed by atoms with E-state index in [0.717, 1.165) is 0 Å². The number of hydrogen-bond donors (Lipinski definition) is 2. The Bertz CT molecular complexity index is 953. The maximum Gasteiger partial charge on any atom is 0.586 e. The first-order chi connectivity index (χ1) is 13.4. The minimum absolute atomic E-state index is 0.0687. The summed E-state index contributed by atoms with van der Waals surface area (Å²) in [6, 6.07) is 6.63. The van der Waals surface area contributed by atoms with Crippen molar-refractivity contribution in [2.24, 2.45) is 0 Å². The van der Waals surface area contributed by atoms with E-state index >= 15 is 0 Å². The lowest BCUT2D eigenvalue weighted by molar-refractivity contribution is -0.286. The molecular weight excluding hydrogens is 374 g/mol. The molecule has 1 aromatic carbocycles. The molecule has 2 N–H and O–H groups in total. The van der Waals surface area contributed by atoms with Gasteiger partial charge in [-0.25, -0.2) is 9.78 Å². The van der Waals surface area contributed by atoms with Crippen LogP contribution in [0.2, 0.25) is 0 Å². The predicted molar refractivity (Wildman–Crippen MR) is 94.4 cm³/mol. The van der Waals surface area contributed by atoms with Crippen LogP contribution in [0.3, 0.4) is 0 Å². The summed E-state index contributed by atoms with van der Waals surface area (Å²) >= 11 is 0. The zero-order chi connectivity index (χ0) is 19.9. The normalized spacial score (nSPS) is 17.5.